The lowest BCUT2D eigenvalue weighted by atomic mass is 10.1. The van der Waals surface area contributed by atoms with Crippen LogP contribution in [0, 0.1) is 0 Å². The van der Waals surface area contributed by atoms with Crippen molar-refractivity contribution >= 4 is 91.8 Å². The molecule has 1 atom stereocenters. The van der Waals surface area contributed by atoms with Gasteiger partial charge in [-0.25, -0.2) is 0 Å². The molecule has 0 bridgehead atoms. The Morgan fingerprint density at radius 2 is 0.750 bits per heavy atom. The Morgan fingerprint density at radius 3 is 0.900 bits per heavy atom. The molecule has 10 heteroatoms. The zero-order chi connectivity index (χ0) is 32.5. The average Bonchev–Trinajstić information content (AvgIpc) is 2.51. The number of rotatable bonds is 11. The van der Waals surface area contributed by atoms with E-state index in [2.05, 4.69) is 150 Å². The molecule has 0 aliphatic carbocycles. The standard InChI is InChI=1S/C30H67PS2Si7/c1-34(2,3)28(35(4,5)6)25-22-24(30(38(13,14)15,39(16,17)18)40(19,20)21)23-26(27(25)31(32)33)29(36(7,8)9)37(10,11)12/h22-23,28-29H,1-21H3. The average molecular weight is 720 g/mol. The van der Waals surface area contributed by atoms with Crippen LogP contribution in [0.2, 0.25) is 137 Å². The van der Waals surface area contributed by atoms with Gasteiger partial charge in [-0.2, -0.15) is 0 Å². The Morgan fingerprint density at radius 1 is 0.525 bits per heavy atom. The maximum Gasteiger partial charge on any atom is 0.145 e. The topological polar surface area (TPSA) is 0 Å². The lowest BCUT2D eigenvalue weighted by molar-refractivity contribution is 0.996. The molecule has 0 heterocycles. The van der Waals surface area contributed by atoms with Crippen LogP contribution in [0.3, 0.4) is 0 Å². The third-order valence-corrected chi connectivity index (χ3v) is 50.9. The van der Waals surface area contributed by atoms with Crippen LogP contribution in [-0.4, -0.2) is 56.5 Å². The minimum absolute atomic E-state index is 0.355. The molecule has 0 aromatic heterocycles. The second-order valence-electron chi connectivity index (χ2n) is 20.1. The van der Waals surface area contributed by atoms with Crippen molar-refractivity contribution < 1.29 is 0 Å². The van der Waals surface area contributed by atoms with Crippen molar-refractivity contribution in [3.05, 3.63) is 28.8 Å². The highest BCUT2D eigenvalue weighted by Crippen LogP contribution is 2.52. The highest BCUT2D eigenvalue weighted by atomic mass is 32.9. The molecule has 0 nitrogen and oxygen atoms in total. The predicted molar refractivity (Wildman–Crippen MR) is 218 cm³/mol. The van der Waals surface area contributed by atoms with E-state index in [1.54, 1.807) is 16.7 Å². The van der Waals surface area contributed by atoms with Crippen LogP contribution in [0.4, 0.5) is 0 Å². The van der Waals surface area contributed by atoms with Crippen molar-refractivity contribution in [3.8, 4) is 0 Å². The molecule has 0 saturated carbocycles. The van der Waals surface area contributed by atoms with E-state index in [1.807, 2.05) is 0 Å². The van der Waals surface area contributed by atoms with E-state index in [-0.39, 0.29) is 0 Å². The van der Waals surface area contributed by atoms with Gasteiger partial charge in [0.15, 0.2) is 0 Å². The fraction of sp³-hybridized carbons (Fsp3) is 0.800. The fourth-order valence-corrected chi connectivity index (χ4v) is 68.7. The van der Waals surface area contributed by atoms with Crippen molar-refractivity contribution in [2.45, 2.75) is 152 Å². The SMILES string of the molecule is C[Si](C)(C)C(c1cc(C([Si](C)(C)C)([Si](C)(C)C)[Si](C)(C)C)cc(C([Si](C)(C)C)[Si](C)(C)C)c1[P+](=S)[S-])[Si](C)(C)C. The summed E-state index contributed by atoms with van der Waals surface area (Å²) < 4.78 is 0.355. The van der Waals surface area contributed by atoms with E-state index in [0.29, 0.717) is 14.6 Å². The first-order valence-corrected chi connectivity index (χ1v) is 43.7. The molecule has 0 saturated heterocycles. The summed E-state index contributed by atoms with van der Waals surface area (Å²) in [5.74, 6) is -1.03. The first-order chi connectivity index (χ1) is 17.1. The molecular formula is C30H67PS2Si7. The summed E-state index contributed by atoms with van der Waals surface area (Å²) in [5, 5.41) is 2.82. The van der Waals surface area contributed by atoms with Crippen LogP contribution < -0.4 is 5.30 Å². The zero-order valence-electron chi connectivity index (χ0n) is 30.6. The lowest BCUT2D eigenvalue weighted by Crippen LogP contribution is -2.74. The molecule has 232 valence electrons. The van der Waals surface area contributed by atoms with Gasteiger partial charge >= 0.3 is 0 Å². The van der Waals surface area contributed by atoms with Gasteiger partial charge in [0.05, 0.1) is 5.90 Å². The van der Waals surface area contributed by atoms with Crippen molar-refractivity contribution in [2.75, 3.05) is 0 Å². The van der Waals surface area contributed by atoms with Crippen molar-refractivity contribution in [1.82, 2.24) is 0 Å². The molecule has 0 N–H and O–H groups in total. The van der Waals surface area contributed by atoms with Crippen LogP contribution >= 0.6 is 5.90 Å². The first kappa shape index (κ1) is 39.6. The zero-order valence-corrected chi connectivity index (χ0v) is 40.1. The smallest absolute Gasteiger partial charge is 0.145 e. The molecule has 0 aliphatic rings. The molecular weight excluding hydrogens is 652 g/mol. The van der Waals surface area contributed by atoms with E-state index in [1.165, 1.54) is 5.30 Å². The molecule has 0 radical (unpaired) electrons. The van der Waals surface area contributed by atoms with Crippen LogP contribution in [0.1, 0.15) is 27.0 Å². The van der Waals surface area contributed by atoms with Gasteiger partial charge < -0.3 is 12.2 Å². The predicted octanol–water partition coefficient (Wildman–Crippen LogP) is 11.3. The maximum absolute atomic E-state index is 6.27. The van der Waals surface area contributed by atoms with Gasteiger partial charge in [-0.1, -0.05) is 150 Å². The van der Waals surface area contributed by atoms with Crippen LogP contribution in [-0.2, 0) is 28.3 Å². The molecule has 0 aliphatic heterocycles. The summed E-state index contributed by atoms with van der Waals surface area (Å²) in [6, 6.07) is 5.63. The van der Waals surface area contributed by atoms with Crippen LogP contribution in [0.5, 0.6) is 0 Å². The second kappa shape index (κ2) is 12.1. The van der Waals surface area contributed by atoms with Gasteiger partial charge in [0.25, 0.3) is 0 Å². The number of benzene rings is 1. The summed E-state index contributed by atoms with van der Waals surface area (Å²) in [4.78, 5) is 0. The minimum atomic E-state index is -1.67. The van der Waals surface area contributed by atoms with Gasteiger partial charge in [0, 0.05) is 56.5 Å². The molecule has 1 aromatic carbocycles. The number of hydrogen-bond acceptors (Lipinski definition) is 2. The normalized spacial score (nSPS) is 15.8. The minimum Gasteiger partial charge on any atom is -0.472 e. The van der Waals surface area contributed by atoms with Gasteiger partial charge in [-0.15, -0.1) is 0 Å². The Hall–Kier alpha value is 1.61. The monoisotopic (exact) mass is 718 g/mol. The summed E-state index contributed by atoms with van der Waals surface area (Å²) in [6.45, 7) is 55.8. The van der Waals surface area contributed by atoms with Crippen molar-refractivity contribution in [2.24, 2.45) is 0 Å². The van der Waals surface area contributed by atoms with E-state index in [0.717, 1.165) is 0 Å². The van der Waals surface area contributed by atoms with E-state index in [4.69, 9.17) is 24.1 Å². The molecule has 1 rings (SSSR count). The van der Waals surface area contributed by atoms with E-state index >= 15 is 0 Å². The molecule has 0 fully saturated rings. The largest absolute Gasteiger partial charge is 0.472 e. The summed E-state index contributed by atoms with van der Waals surface area (Å²) >= 11 is 12.5. The molecule has 1 unspecified atom stereocenters. The second-order valence-corrected chi connectivity index (χ2v) is 63.6. The van der Waals surface area contributed by atoms with Gasteiger partial charge in [-0.3, -0.25) is 0 Å². The molecule has 40 heavy (non-hydrogen) atoms. The van der Waals surface area contributed by atoms with Crippen molar-refractivity contribution in [3.63, 3.8) is 0 Å². The highest BCUT2D eigenvalue weighted by Gasteiger charge is 2.61. The fourth-order valence-electron chi connectivity index (χ4n) is 10.7. The Balaban J connectivity index is 4.91. The number of hydrogen-bond donors (Lipinski definition) is 0. The van der Waals surface area contributed by atoms with E-state index < -0.39 is 62.4 Å². The third kappa shape index (κ3) is 7.87. The summed E-state index contributed by atoms with van der Waals surface area (Å²) in [5.41, 5.74) is 5.05. The Labute approximate surface area is 270 Å². The van der Waals surface area contributed by atoms with E-state index in [9.17, 15) is 0 Å². The van der Waals surface area contributed by atoms with Gasteiger partial charge in [-0.05, 0) is 31.3 Å². The maximum atomic E-state index is 6.27. The molecule has 0 spiro atoms. The van der Waals surface area contributed by atoms with Crippen LogP contribution in [0.25, 0.3) is 0 Å². The Kier molecular flexibility index (Phi) is 12.0. The summed E-state index contributed by atoms with van der Waals surface area (Å²) in [7, 11) is -11.3. The third-order valence-electron chi connectivity index (χ3n) is 9.25. The first-order valence-electron chi connectivity index (χ1n) is 15.5. The van der Waals surface area contributed by atoms with Crippen LogP contribution in [0.15, 0.2) is 12.1 Å². The highest BCUT2D eigenvalue weighted by molar-refractivity contribution is 8.49. The quantitative estimate of drug-likeness (QED) is 0.127. The van der Waals surface area contributed by atoms with Crippen molar-refractivity contribution in [1.29, 1.82) is 0 Å². The van der Waals surface area contributed by atoms with Gasteiger partial charge in [0.2, 0.25) is 0 Å². The van der Waals surface area contributed by atoms with Gasteiger partial charge in [0.1, 0.15) is 17.1 Å². The lowest BCUT2D eigenvalue weighted by Gasteiger charge is -2.60. The Bertz CT molecular complexity index is 967. The summed E-state index contributed by atoms with van der Waals surface area (Å²) in [6.07, 6.45) is 0. The molecule has 0 amide bonds. The molecule has 1 aromatic rings.